The summed E-state index contributed by atoms with van der Waals surface area (Å²) in [5.41, 5.74) is 15.0. The van der Waals surface area contributed by atoms with Crippen LogP contribution in [0.25, 0.3) is 17.2 Å². The van der Waals surface area contributed by atoms with Gasteiger partial charge in [0, 0.05) is 11.6 Å². The number of benzene rings is 2. The maximum Gasteiger partial charge on any atom is 0.328 e. The van der Waals surface area contributed by atoms with E-state index in [4.69, 9.17) is 10.1 Å². The van der Waals surface area contributed by atoms with E-state index in [1.54, 1.807) is 6.08 Å². The highest BCUT2D eigenvalue weighted by molar-refractivity contribution is 5.99. The summed E-state index contributed by atoms with van der Waals surface area (Å²) in [6, 6.07) is 22.9. The first-order valence-electron chi connectivity index (χ1n) is 11.0. The Morgan fingerprint density at radius 1 is 0.969 bits per heavy atom. The molecule has 3 N–H and O–H groups in total. The number of hydrogen-bond acceptors (Lipinski definition) is 4. The maximum absolute atomic E-state index is 10.9. The molecular weight excluding hydrogens is 398 g/mol. The second kappa shape index (κ2) is 8.81. The predicted molar refractivity (Wildman–Crippen MR) is 128 cm³/mol. The SMILES string of the molecule is O=C(O)/C=C/c1ccc(/C(=C(\c2ccccc2)C2CCC2)c2ccc3c(n2)CNN3)cc1. The van der Waals surface area contributed by atoms with Gasteiger partial charge >= 0.3 is 5.97 Å². The summed E-state index contributed by atoms with van der Waals surface area (Å²) in [6.07, 6.45) is 6.39. The van der Waals surface area contributed by atoms with E-state index in [0.29, 0.717) is 12.5 Å². The van der Waals surface area contributed by atoms with Crippen molar-refractivity contribution in [3.63, 3.8) is 0 Å². The molecule has 2 heterocycles. The third kappa shape index (κ3) is 4.07. The van der Waals surface area contributed by atoms with Gasteiger partial charge in [0.1, 0.15) is 0 Å². The van der Waals surface area contributed by atoms with Crippen LogP contribution in [0.4, 0.5) is 5.69 Å². The highest BCUT2D eigenvalue weighted by Crippen LogP contribution is 2.44. The van der Waals surface area contributed by atoms with Crippen LogP contribution in [-0.4, -0.2) is 16.1 Å². The van der Waals surface area contributed by atoms with Crippen molar-refractivity contribution in [2.75, 3.05) is 5.43 Å². The van der Waals surface area contributed by atoms with Crippen molar-refractivity contribution in [2.45, 2.75) is 25.8 Å². The molecule has 1 saturated carbocycles. The lowest BCUT2D eigenvalue weighted by atomic mass is 9.73. The van der Waals surface area contributed by atoms with Gasteiger partial charge in [-0.25, -0.2) is 15.2 Å². The fourth-order valence-corrected chi connectivity index (χ4v) is 4.38. The number of carbonyl (C=O) groups is 1. The number of carboxylic acid groups (broad SMARTS) is 1. The van der Waals surface area contributed by atoms with E-state index in [1.165, 1.54) is 30.4 Å². The summed E-state index contributed by atoms with van der Waals surface area (Å²) in [5.74, 6) is -0.444. The van der Waals surface area contributed by atoms with Crippen molar-refractivity contribution in [1.82, 2.24) is 10.4 Å². The molecule has 1 fully saturated rings. The van der Waals surface area contributed by atoms with Crippen molar-refractivity contribution >= 4 is 28.9 Å². The Morgan fingerprint density at radius 3 is 2.44 bits per heavy atom. The van der Waals surface area contributed by atoms with E-state index in [0.717, 1.165) is 39.9 Å². The number of aliphatic carboxylic acids is 1. The first kappa shape index (κ1) is 20.2. The van der Waals surface area contributed by atoms with Gasteiger partial charge in [-0.15, -0.1) is 0 Å². The molecule has 0 bridgehead atoms. The number of pyridine rings is 1. The first-order chi connectivity index (χ1) is 15.7. The number of fused-ring (bicyclic) bond motifs is 1. The summed E-state index contributed by atoms with van der Waals surface area (Å²) < 4.78 is 0. The first-order valence-corrected chi connectivity index (χ1v) is 11.0. The van der Waals surface area contributed by atoms with Gasteiger partial charge in [0.05, 0.1) is 23.6 Å². The minimum Gasteiger partial charge on any atom is -0.478 e. The van der Waals surface area contributed by atoms with Crippen LogP contribution in [0.2, 0.25) is 0 Å². The molecule has 0 atom stereocenters. The largest absolute Gasteiger partial charge is 0.478 e. The molecule has 0 radical (unpaired) electrons. The Bertz CT molecular complexity index is 1190. The van der Waals surface area contributed by atoms with Gasteiger partial charge in [0.15, 0.2) is 0 Å². The van der Waals surface area contributed by atoms with Gasteiger partial charge in [0.2, 0.25) is 0 Å². The number of nitrogens with zero attached hydrogens (tertiary/aromatic N) is 1. The number of hydrogen-bond donors (Lipinski definition) is 3. The van der Waals surface area contributed by atoms with Crippen LogP contribution < -0.4 is 10.9 Å². The predicted octanol–water partition coefficient (Wildman–Crippen LogP) is 5.37. The molecule has 5 rings (SSSR count). The van der Waals surface area contributed by atoms with Gasteiger partial charge in [-0.1, -0.05) is 61.0 Å². The molecule has 1 aliphatic heterocycles. The number of hydrazine groups is 1. The molecule has 1 aliphatic carbocycles. The molecule has 5 heteroatoms. The highest BCUT2D eigenvalue weighted by atomic mass is 16.4. The zero-order valence-electron chi connectivity index (χ0n) is 17.7. The summed E-state index contributed by atoms with van der Waals surface area (Å²) in [7, 11) is 0. The fraction of sp³-hybridized carbons (Fsp3) is 0.185. The second-order valence-corrected chi connectivity index (χ2v) is 8.25. The summed E-state index contributed by atoms with van der Waals surface area (Å²) in [4.78, 5) is 15.9. The van der Waals surface area contributed by atoms with Crippen LogP contribution in [0, 0.1) is 5.92 Å². The fourth-order valence-electron chi connectivity index (χ4n) is 4.38. The van der Waals surface area contributed by atoms with Crippen molar-refractivity contribution in [2.24, 2.45) is 5.92 Å². The number of nitrogens with one attached hydrogen (secondary N) is 2. The zero-order chi connectivity index (χ0) is 21.9. The number of rotatable bonds is 6. The summed E-state index contributed by atoms with van der Waals surface area (Å²) in [5, 5.41) is 8.92. The van der Waals surface area contributed by atoms with Gasteiger partial charge < -0.3 is 10.5 Å². The van der Waals surface area contributed by atoms with E-state index in [1.807, 2.05) is 12.1 Å². The smallest absolute Gasteiger partial charge is 0.328 e. The number of anilines is 1. The van der Waals surface area contributed by atoms with Crippen LogP contribution in [0.15, 0.2) is 72.8 Å². The average molecular weight is 424 g/mol. The van der Waals surface area contributed by atoms with E-state index in [9.17, 15) is 4.79 Å². The van der Waals surface area contributed by atoms with Crippen LogP contribution in [-0.2, 0) is 11.3 Å². The average Bonchev–Trinajstić information content (AvgIpc) is 3.25. The van der Waals surface area contributed by atoms with Crippen LogP contribution >= 0.6 is 0 Å². The van der Waals surface area contributed by atoms with Crippen molar-refractivity contribution in [3.8, 4) is 0 Å². The molecule has 0 saturated heterocycles. The lowest BCUT2D eigenvalue weighted by molar-refractivity contribution is -0.131. The van der Waals surface area contributed by atoms with E-state index in [-0.39, 0.29) is 0 Å². The molecule has 0 amide bonds. The lowest BCUT2D eigenvalue weighted by Gasteiger charge is -2.31. The van der Waals surface area contributed by atoms with Crippen LogP contribution in [0.3, 0.4) is 0 Å². The maximum atomic E-state index is 10.9. The van der Waals surface area contributed by atoms with E-state index < -0.39 is 5.97 Å². The topological polar surface area (TPSA) is 74.2 Å². The Morgan fingerprint density at radius 2 is 1.75 bits per heavy atom. The Kier molecular flexibility index (Phi) is 5.57. The molecular formula is C27H25N3O2. The molecule has 2 aromatic carbocycles. The molecule has 32 heavy (non-hydrogen) atoms. The lowest BCUT2D eigenvalue weighted by Crippen LogP contribution is -2.15. The van der Waals surface area contributed by atoms with Crippen molar-refractivity contribution < 1.29 is 9.90 Å². The van der Waals surface area contributed by atoms with Crippen molar-refractivity contribution in [1.29, 1.82) is 0 Å². The summed E-state index contributed by atoms with van der Waals surface area (Å²) >= 11 is 0. The summed E-state index contributed by atoms with van der Waals surface area (Å²) in [6.45, 7) is 0.694. The number of carboxylic acids is 1. The number of allylic oxidation sites excluding steroid dienone is 1. The van der Waals surface area contributed by atoms with E-state index >= 15 is 0 Å². The van der Waals surface area contributed by atoms with Crippen LogP contribution in [0.5, 0.6) is 0 Å². The normalized spacial score (nSPS) is 16.2. The van der Waals surface area contributed by atoms with Gasteiger partial charge in [-0.05, 0) is 59.2 Å². The van der Waals surface area contributed by atoms with Crippen molar-refractivity contribution in [3.05, 3.63) is 101 Å². The molecule has 0 unspecified atom stereocenters. The monoisotopic (exact) mass is 423 g/mol. The van der Waals surface area contributed by atoms with Gasteiger partial charge in [-0.3, -0.25) is 0 Å². The zero-order valence-corrected chi connectivity index (χ0v) is 17.7. The minimum atomic E-state index is -0.949. The molecule has 2 aliphatic rings. The Hall–Kier alpha value is -3.70. The Balaban J connectivity index is 1.68. The second-order valence-electron chi connectivity index (χ2n) is 8.25. The van der Waals surface area contributed by atoms with Gasteiger partial charge in [-0.2, -0.15) is 0 Å². The standard InChI is InChI=1S/C27H25N3O2/c31-25(32)16-11-18-9-12-21(13-10-18)27(23-15-14-22-24(29-23)17-28-30-22)26(20-7-4-8-20)19-5-2-1-3-6-19/h1-3,5-6,9-16,20,28,30H,4,7-8,17H2,(H,31,32)/b16-11+,27-26-. The van der Waals surface area contributed by atoms with Crippen LogP contribution in [0.1, 0.15) is 47.3 Å². The number of aromatic nitrogens is 1. The third-order valence-corrected chi connectivity index (χ3v) is 6.19. The molecule has 5 nitrogen and oxygen atoms in total. The molecule has 1 aromatic heterocycles. The van der Waals surface area contributed by atoms with E-state index in [2.05, 4.69) is 65.4 Å². The van der Waals surface area contributed by atoms with Gasteiger partial charge in [0.25, 0.3) is 0 Å². The quantitative estimate of drug-likeness (QED) is 0.367. The molecule has 3 aromatic rings. The minimum absolute atomic E-state index is 0.505. The Labute approximate surface area is 187 Å². The highest BCUT2D eigenvalue weighted by Gasteiger charge is 2.28. The third-order valence-electron chi connectivity index (χ3n) is 6.19. The molecule has 0 spiro atoms. The molecule has 160 valence electrons.